The van der Waals surface area contributed by atoms with E-state index in [1.807, 2.05) is 0 Å². The van der Waals surface area contributed by atoms with Crippen molar-refractivity contribution in [2.75, 3.05) is 5.32 Å². The molecule has 2 N–H and O–H groups in total. The fraction of sp³-hybridized carbons (Fsp3) is 0.556. The first-order valence-corrected chi connectivity index (χ1v) is 5.80. The smallest absolute Gasteiger partial charge is 0.306 e. The molecule has 0 aromatic carbocycles. The van der Waals surface area contributed by atoms with Crippen LogP contribution in [0.25, 0.3) is 0 Å². The zero-order valence-corrected chi connectivity index (χ0v) is 9.66. The van der Waals surface area contributed by atoms with Crippen molar-refractivity contribution in [3.8, 4) is 0 Å². The van der Waals surface area contributed by atoms with Crippen LogP contribution in [0.5, 0.6) is 0 Å². The maximum atomic E-state index is 11.4. The van der Waals surface area contributed by atoms with Gasteiger partial charge in [0.1, 0.15) is 5.51 Å². The third kappa shape index (κ3) is 3.93. The Bertz CT molecular complexity index is 353. The molecular formula is C9H13N3O3S. The van der Waals surface area contributed by atoms with Crippen molar-refractivity contribution in [2.45, 2.75) is 26.2 Å². The fourth-order valence-corrected chi connectivity index (χ4v) is 1.68. The topological polar surface area (TPSA) is 92.2 Å². The lowest BCUT2D eigenvalue weighted by atomic mass is 10.0. The fourth-order valence-electron chi connectivity index (χ4n) is 1.22. The van der Waals surface area contributed by atoms with E-state index >= 15 is 0 Å². The lowest BCUT2D eigenvalue weighted by Crippen LogP contribution is -2.17. The minimum Gasteiger partial charge on any atom is -0.481 e. The van der Waals surface area contributed by atoms with Crippen LogP contribution in [0, 0.1) is 5.92 Å². The Labute approximate surface area is 96.7 Å². The average Bonchev–Trinajstić information content (AvgIpc) is 2.70. The van der Waals surface area contributed by atoms with Gasteiger partial charge in [-0.15, -0.1) is 10.2 Å². The van der Waals surface area contributed by atoms with Crippen LogP contribution in [-0.2, 0) is 9.59 Å². The summed E-state index contributed by atoms with van der Waals surface area (Å²) in [7, 11) is 0. The molecule has 1 heterocycles. The van der Waals surface area contributed by atoms with Gasteiger partial charge in [-0.3, -0.25) is 9.59 Å². The molecule has 0 spiro atoms. The van der Waals surface area contributed by atoms with Crippen LogP contribution in [0.15, 0.2) is 5.51 Å². The second-order valence-corrected chi connectivity index (χ2v) is 4.11. The number of hydrogen-bond donors (Lipinski definition) is 2. The normalized spacial score (nSPS) is 12.1. The molecule has 1 rings (SSSR count). The van der Waals surface area contributed by atoms with E-state index in [-0.39, 0.29) is 12.3 Å². The number of rotatable bonds is 6. The molecule has 0 saturated carbocycles. The number of carboxylic acid groups (broad SMARTS) is 1. The summed E-state index contributed by atoms with van der Waals surface area (Å²) in [5.74, 6) is -1.54. The molecule has 0 radical (unpaired) electrons. The van der Waals surface area contributed by atoms with Crippen LogP contribution in [0.1, 0.15) is 26.2 Å². The highest BCUT2D eigenvalue weighted by molar-refractivity contribution is 7.13. The van der Waals surface area contributed by atoms with Crippen LogP contribution in [0.3, 0.4) is 0 Å². The highest BCUT2D eigenvalue weighted by atomic mass is 32.1. The molecule has 88 valence electrons. The van der Waals surface area contributed by atoms with Gasteiger partial charge in [0.2, 0.25) is 11.0 Å². The van der Waals surface area contributed by atoms with E-state index in [9.17, 15) is 9.59 Å². The van der Waals surface area contributed by atoms with Gasteiger partial charge in [-0.25, -0.2) is 0 Å². The summed E-state index contributed by atoms with van der Waals surface area (Å²) in [6.45, 7) is 1.79. The number of nitrogens with zero attached hydrogens (tertiary/aromatic N) is 2. The van der Waals surface area contributed by atoms with Gasteiger partial charge < -0.3 is 10.4 Å². The van der Waals surface area contributed by atoms with Gasteiger partial charge in [0, 0.05) is 6.42 Å². The first-order valence-electron chi connectivity index (χ1n) is 4.92. The molecular weight excluding hydrogens is 230 g/mol. The van der Waals surface area contributed by atoms with E-state index < -0.39 is 11.9 Å². The quantitative estimate of drug-likeness (QED) is 0.787. The van der Waals surface area contributed by atoms with Crippen LogP contribution < -0.4 is 5.32 Å². The highest BCUT2D eigenvalue weighted by Crippen LogP contribution is 2.13. The second kappa shape index (κ2) is 6.16. The van der Waals surface area contributed by atoms with Gasteiger partial charge in [-0.05, 0) is 12.8 Å². The molecule has 0 aliphatic rings. The van der Waals surface area contributed by atoms with Crippen LogP contribution in [-0.4, -0.2) is 27.2 Å². The van der Waals surface area contributed by atoms with Gasteiger partial charge in [0.15, 0.2) is 0 Å². The van der Waals surface area contributed by atoms with Gasteiger partial charge in [-0.2, -0.15) is 0 Å². The summed E-state index contributed by atoms with van der Waals surface area (Å²) < 4.78 is 0. The average molecular weight is 243 g/mol. The van der Waals surface area contributed by atoms with Crippen LogP contribution >= 0.6 is 11.3 Å². The first-order chi connectivity index (χ1) is 7.63. The van der Waals surface area contributed by atoms with Crippen LogP contribution in [0.4, 0.5) is 5.13 Å². The zero-order chi connectivity index (χ0) is 12.0. The van der Waals surface area contributed by atoms with Crippen molar-refractivity contribution in [1.29, 1.82) is 0 Å². The maximum absolute atomic E-state index is 11.4. The molecule has 0 saturated heterocycles. The Kier molecular flexibility index (Phi) is 4.84. The SMILES string of the molecule is CC[C@@H](CCC(=O)Nc1nncs1)C(=O)O. The second-order valence-electron chi connectivity index (χ2n) is 3.27. The van der Waals surface area contributed by atoms with Crippen molar-refractivity contribution in [3.05, 3.63) is 5.51 Å². The van der Waals surface area contributed by atoms with E-state index in [4.69, 9.17) is 5.11 Å². The number of carbonyl (C=O) groups is 2. The minimum atomic E-state index is -0.855. The van der Waals surface area contributed by atoms with Crippen LogP contribution in [0.2, 0.25) is 0 Å². The summed E-state index contributed by atoms with van der Waals surface area (Å²) in [6.07, 6.45) is 1.06. The number of carbonyl (C=O) groups excluding carboxylic acids is 1. The number of hydrogen-bond acceptors (Lipinski definition) is 5. The molecule has 16 heavy (non-hydrogen) atoms. The minimum absolute atomic E-state index is 0.185. The van der Waals surface area contributed by atoms with Crippen molar-refractivity contribution in [1.82, 2.24) is 10.2 Å². The van der Waals surface area contributed by atoms with Gasteiger partial charge in [0.05, 0.1) is 5.92 Å². The highest BCUT2D eigenvalue weighted by Gasteiger charge is 2.16. The first kappa shape index (κ1) is 12.6. The number of aromatic nitrogens is 2. The molecule has 0 aliphatic carbocycles. The molecule has 1 atom stereocenters. The Morgan fingerprint density at radius 2 is 2.38 bits per heavy atom. The summed E-state index contributed by atoms with van der Waals surface area (Å²) in [5, 5.41) is 19.0. The molecule has 0 unspecified atom stereocenters. The molecule has 6 nitrogen and oxygen atoms in total. The van der Waals surface area contributed by atoms with E-state index in [0.29, 0.717) is 18.0 Å². The molecule has 1 aromatic heterocycles. The number of anilines is 1. The van der Waals surface area contributed by atoms with Gasteiger partial charge in [0.25, 0.3) is 0 Å². The Hall–Kier alpha value is -1.50. The van der Waals surface area contributed by atoms with Crippen molar-refractivity contribution >= 4 is 28.3 Å². The predicted octanol–water partition coefficient (Wildman–Crippen LogP) is 1.37. The number of amides is 1. The van der Waals surface area contributed by atoms with E-state index in [1.54, 1.807) is 6.92 Å². The summed E-state index contributed by atoms with van der Waals surface area (Å²) in [5.41, 5.74) is 1.52. The zero-order valence-electron chi connectivity index (χ0n) is 8.84. The van der Waals surface area contributed by atoms with Gasteiger partial charge >= 0.3 is 5.97 Å². The van der Waals surface area contributed by atoms with E-state index in [2.05, 4.69) is 15.5 Å². The van der Waals surface area contributed by atoms with Crippen molar-refractivity contribution < 1.29 is 14.7 Å². The molecule has 0 fully saturated rings. The third-order valence-electron chi connectivity index (χ3n) is 2.17. The number of nitrogens with one attached hydrogen (secondary N) is 1. The molecule has 0 bridgehead atoms. The Morgan fingerprint density at radius 3 is 2.88 bits per heavy atom. The van der Waals surface area contributed by atoms with E-state index in [1.165, 1.54) is 16.8 Å². The van der Waals surface area contributed by atoms with Gasteiger partial charge in [-0.1, -0.05) is 18.3 Å². The lowest BCUT2D eigenvalue weighted by molar-refractivity contribution is -0.142. The molecule has 0 aliphatic heterocycles. The monoisotopic (exact) mass is 243 g/mol. The molecule has 7 heteroatoms. The molecule has 1 aromatic rings. The summed E-state index contributed by atoms with van der Waals surface area (Å²) in [4.78, 5) is 22.1. The number of carboxylic acids is 1. The van der Waals surface area contributed by atoms with Crippen molar-refractivity contribution in [3.63, 3.8) is 0 Å². The molecule has 1 amide bonds. The Balaban J connectivity index is 2.32. The Morgan fingerprint density at radius 1 is 1.62 bits per heavy atom. The van der Waals surface area contributed by atoms with E-state index in [0.717, 1.165) is 0 Å². The third-order valence-corrected chi connectivity index (χ3v) is 2.77. The largest absolute Gasteiger partial charge is 0.481 e. The van der Waals surface area contributed by atoms with Crippen molar-refractivity contribution in [2.24, 2.45) is 5.92 Å². The summed E-state index contributed by atoms with van der Waals surface area (Å²) >= 11 is 1.23. The number of aliphatic carboxylic acids is 1. The lowest BCUT2D eigenvalue weighted by Gasteiger charge is -2.08. The summed E-state index contributed by atoms with van der Waals surface area (Å²) in [6, 6.07) is 0. The predicted molar refractivity (Wildman–Crippen MR) is 59.2 cm³/mol. The maximum Gasteiger partial charge on any atom is 0.306 e. The standard InChI is InChI=1S/C9H13N3O3S/c1-2-6(8(14)15)3-4-7(13)11-9-12-10-5-16-9/h5-6H,2-4H2,1H3,(H,14,15)(H,11,12,13)/t6-/m0/s1.